The molecular formula is C27H25N. The molecule has 0 saturated carbocycles. The smallest absolute Gasteiger partial charge is 0.0646 e. The summed E-state index contributed by atoms with van der Waals surface area (Å²) in [6.07, 6.45) is 16.2. The summed E-state index contributed by atoms with van der Waals surface area (Å²) in [7, 11) is 0. The second-order valence-corrected chi connectivity index (χ2v) is 6.48. The van der Waals surface area contributed by atoms with E-state index >= 15 is 0 Å². The Balaban J connectivity index is 1.50. The molecule has 0 N–H and O–H groups in total. The van der Waals surface area contributed by atoms with Crippen LogP contribution in [0.15, 0.2) is 108 Å². The lowest BCUT2D eigenvalue weighted by Gasteiger charge is -2.05. The Hall–Kier alpha value is -3.37. The van der Waals surface area contributed by atoms with E-state index in [1.54, 1.807) is 0 Å². The molecule has 1 heteroatoms. The Labute approximate surface area is 168 Å². The fourth-order valence-electron chi connectivity index (χ4n) is 2.88. The van der Waals surface area contributed by atoms with E-state index in [1.165, 1.54) is 11.1 Å². The maximum Gasteiger partial charge on any atom is 0.0646 e. The molecule has 0 aromatic heterocycles. The molecule has 0 amide bonds. The summed E-state index contributed by atoms with van der Waals surface area (Å²) in [6, 6.07) is 18.8. The maximum absolute atomic E-state index is 4.72. The van der Waals surface area contributed by atoms with Crippen LogP contribution in [0, 0.1) is 11.8 Å². The quantitative estimate of drug-likeness (QED) is 0.422. The molecular weight excluding hydrogens is 338 g/mol. The Morgan fingerprint density at radius 1 is 0.893 bits per heavy atom. The van der Waals surface area contributed by atoms with Crippen molar-refractivity contribution in [3.8, 4) is 23.0 Å². The summed E-state index contributed by atoms with van der Waals surface area (Å²) in [4.78, 5) is 4.72. The molecule has 1 aliphatic carbocycles. The van der Waals surface area contributed by atoms with Gasteiger partial charge in [0.25, 0.3) is 0 Å². The van der Waals surface area contributed by atoms with E-state index in [4.69, 9.17) is 4.99 Å². The summed E-state index contributed by atoms with van der Waals surface area (Å²) in [5.74, 6) is 6.52. The molecule has 138 valence electrons. The Morgan fingerprint density at radius 2 is 1.64 bits per heavy atom. The molecule has 0 fully saturated rings. The van der Waals surface area contributed by atoms with Crippen LogP contribution in [0.25, 0.3) is 11.1 Å². The SMILES string of the molecule is C\C=C/C=C1/C=CC=C/C1=N\CCCC#Cc1ccc(-c2ccccc2)cc1. The van der Waals surface area contributed by atoms with Gasteiger partial charge in [0.05, 0.1) is 5.71 Å². The topological polar surface area (TPSA) is 12.4 Å². The number of rotatable bonds is 5. The van der Waals surface area contributed by atoms with Crippen LogP contribution in [0.3, 0.4) is 0 Å². The van der Waals surface area contributed by atoms with Gasteiger partial charge in [-0.05, 0) is 48.3 Å². The van der Waals surface area contributed by atoms with Crippen molar-refractivity contribution in [2.45, 2.75) is 19.8 Å². The van der Waals surface area contributed by atoms with Gasteiger partial charge >= 0.3 is 0 Å². The number of nitrogens with zero attached hydrogens (tertiary/aromatic N) is 1. The van der Waals surface area contributed by atoms with Crippen molar-refractivity contribution in [1.82, 2.24) is 0 Å². The van der Waals surface area contributed by atoms with Gasteiger partial charge < -0.3 is 0 Å². The minimum Gasteiger partial charge on any atom is -0.285 e. The van der Waals surface area contributed by atoms with Gasteiger partial charge in [-0.2, -0.15) is 0 Å². The summed E-state index contributed by atoms with van der Waals surface area (Å²) >= 11 is 0. The molecule has 0 atom stereocenters. The zero-order valence-corrected chi connectivity index (χ0v) is 16.3. The monoisotopic (exact) mass is 363 g/mol. The molecule has 0 heterocycles. The normalized spacial score (nSPS) is 15.9. The van der Waals surface area contributed by atoms with Gasteiger partial charge in [0, 0.05) is 18.5 Å². The largest absolute Gasteiger partial charge is 0.285 e. The van der Waals surface area contributed by atoms with Crippen molar-refractivity contribution in [2.24, 2.45) is 4.99 Å². The van der Waals surface area contributed by atoms with E-state index in [9.17, 15) is 0 Å². The Bertz CT molecular complexity index is 972. The fourth-order valence-corrected chi connectivity index (χ4v) is 2.88. The van der Waals surface area contributed by atoms with E-state index < -0.39 is 0 Å². The van der Waals surface area contributed by atoms with E-state index in [2.05, 4.69) is 78.6 Å². The summed E-state index contributed by atoms with van der Waals surface area (Å²) in [6.45, 7) is 2.81. The van der Waals surface area contributed by atoms with Crippen LogP contribution in [-0.4, -0.2) is 12.3 Å². The first-order valence-corrected chi connectivity index (χ1v) is 9.74. The molecule has 2 aromatic carbocycles. The molecule has 28 heavy (non-hydrogen) atoms. The van der Waals surface area contributed by atoms with Crippen LogP contribution in [0.2, 0.25) is 0 Å². The molecule has 0 saturated heterocycles. The van der Waals surface area contributed by atoms with Gasteiger partial charge in [-0.25, -0.2) is 0 Å². The molecule has 1 aliphatic rings. The van der Waals surface area contributed by atoms with Gasteiger partial charge in [0.1, 0.15) is 0 Å². The van der Waals surface area contributed by atoms with Crippen molar-refractivity contribution in [3.05, 3.63) is 108 Å². The van der Waals surface area contributed by atoms with Gasteiger partial charge in [0.15, 0.2) is 0 Å². The first-order valence-electron chi connectivity index (χ1n) is 9.74. The number of unbranched alkanes of at least 4 members (excludes halogenated alkanes) is 1. The van der Waals surface area contributed by atoms with E-state index in [0.717, 1.165) is 36.2 Å². The van der Waals surface area contributed by atoms with E-state index in [0.29, 0.717) is 0 Å². The number of aliphatic imine (C=N–C) groups is 1. The van der Waals surface area contributed by atoms with Gasteiger partial charge in [-0.1, -0.05) is 90.8 Å². The number of hydrogen-bond donors (Lipinski definition) is 0. The summed E-state index contributed by atoms with van der Waals surface area (Å²) in [5.41, 5.74) is 5.71. The lowest BCUT2D eigenvalue weighted by Crippen LogP contribution is -2.01. The molecule has 0 aliphatic heterocycles. The van der Waals surface area contributed by atoms with Gasteiger partial charge in [-0.15, -0.1) is 0 Å². The third kappa shape index (κ3) is 5.83. The third-order valence-electron chi connectivity index (χ3n) is 4.37. The molecule has 0 bridgehead atoms. The highest BCUT2D eigenvalue weighted by Gasteiger charge is 2.02. The first kappa shape index (κ1) is 19.4. The number of allylic oxidation sites excluding steroid dienone is 8. The predicted molar refractivity (Wildman–Crippen MR) is 121 cm³/mol. The second kappa shape index (κ2) is 10.7. The van der Waals surface area contributed by atoms with E-state index in [-0.39, 0.29) is 0 Å². The maximum atomic E-state index is 4.72. The van der Waals surface area contributed by atoms with Crippen LogP contribution in [-0.2, 0) is 0 Å². The van der Waals surface area contributed by atoms with Crippen molar-refractivity contribution in [1.29, 1.82) is 0 Å². The molecule has 1 nitrogen and oxygen atoms in total. The predicted octanol–water partition coefficient (Wildman–Crippen LogP) is 6.55. The standard InChI is InChI=1S/C27H25N/c1-2-3-13-26-16-9-10-17-27(26)28-22-11-5-6-12-23-18-20-25(21-19-23)24-14-7-4-8-15-24/h2-4,7-10,13-21H,5,11,22H2,1H3/b3-2-,26-13-,28-27+. The highest BCUT2D eigenvalue weighted by Crippen LogP contribution is 2.18. The minimum atomic E-state index is 0.794. The van der Waals surface area contributed by atoms with Gasteiger partial charge in [-0.3, -0.25) is 4.99 Å². The van der Waals surface area contributed by atoms with Crippen molar-refractivity contribution >= 4 is 5.71 Å². The highest BCUT2D eigenvalue weighted by atomic mass is 14.7. The average Bonchev–Trinajstić information content (AvgIpc) is 2.76. The fraction of sp³-hybridized carbons (Fsp3) is 0.148. The van der Waals surface area contributed by atoms with Crippen molar-refractivity contribution in [2.75, 3.05) is 6.54 Å². The highest BCUT2D eigenvalue weighted by molar-refractivity contribution is 6.11. The number of benzene rings is 2. The van der Waals surface area contributed by atoms with Crippen LogP contribution in [0.1, 0.15) is 25.3 Å². The summed E-state index contributed by atoms with van der Waals surface area (Å²) in [5, 5.41) is 0. The number of hydrogen-bond acceptors (Lipinski definition) is 1. The Kier molecular flexibility index (Phi) is 7.41. The zero-order chi connectivity index (χ0) is 19.4. The average molecular weight is 364 g/mol. The van der Waals surface area contributed by atoms with E-state index in [1.807, 2.05) is 37.3 Å². The summed E-state index contributed by atoms with van der Waals surface area (Å²) < 4.78 is 0. The van der Waals surface area contributed by atoms with Crippen LogP contribution in [0.4, 0.5) is 0 Å². The van der Waals surface area contributed by atoms with Crippen molar-refractivity contribution < 1.29 is 0 Å². The Morgan fingerprint density at radius 3 is 2.43 bits per heavy atom. The molecule has 2 aromatic rings. The lowest BCUT2D eigenvalue weighted by molar-refractivity contribution is 0.871. The zero-order valence-electron chi connectivity index (χ0n) is 16.3. The molecule has 3 rings (SSSR count). The molecule has 0 spiro atoms. The molecule has 0 unspecified atom stereocenters. The van der Waals surface area contributed by atoms with Crippen LogP contribution >= 0.6 is 0 Å². The third-order valence-corrected chi connectivity index (χ3v) is 4.37. The molecule has 0 radical (unpaired) electrons. The second-order valence-electron chi connectivity index (χ2n) is 6.48. The first-order chi connectivity index (χ1) is 13.9. The minimum absolute atomic E-state index is 0.794. The lowest BCUT2D eigenvalue weighted by atomic mass is 10.0. The van der Waals surface area contributed by atoms with Crippen LogP contribution in [0.5, 0.6) is 0 Å². The van der Waals surface area contributed by atoms with Crippen LogP contribution < -0.4 is 0 Å². The van der Waals surface area contributed by atoms with Crippen molar-refractivity contribution in [3.63, 3.8) is 0 Å². The van der Waals surface area contributed by atoms with Gasteiger partial charge in [0.2, 0.25) is 0 Å².